The van der Waals surface area contributed by atoms with Crippen LogP contribution in [0.15, 0.2) is 33.9 Å². The van der Waals surface area contributed by atoms with Crippen LogP contribution in [0, 0.1) is 29.1 Å². The van der Waals surface area contributed by atoms with E-state index in [-0.39, 0.29) is 40.9 Å². The molecule has 140 valence electrons. The van der Waals surface area contributed by atoms with Crippen LogP contribution in [-0.2, 0) is 9.59 Å². The summed E-state index contributed by atoms with van der Waals surface area (Å²) in [5, 5.41) is 5.31. The van der Waals surface area contributed by atoms with Gasteiger partial charge in [0.05, 0.1) is 36.7 Å². The Hall–Kier alpha value is -2.15. The average Bonchev–Trinajstić information content (AvgIpc) is 3.27. The van der Waals surface area contributed by atoms with Crippen molar-refractivity contribution in [3.63, 3.8) is 0 Å². The van der Waals surface area contributed by atoms with Crippen molar-refractivity contribution in [2.24, 2.45) is 34.2 Å². The summed E-state index contributed by atoms with van der Waals surface area (Å²) in [5.41, 5.74) is 0.850. The third kappa shape index (κ3) is 2.15. The maximum atomic E-state index is 12.9. The van der Waals surface area contributed by atoms with Crippen LogP contribution in [0.5, 0.6) is 11.5 Å². The minimum absolute atomic E-state index is 0.170. The van der Waals surface area contributed by atoms with Crippen molar-refractivity contribution in [3.05, 3.63) is 34.3 Å². The molecule has 2 bridgehead atoms. The van der Waals surface area contributed by atoms with Crippen LogP contribution in [0.1, 0.15) is 18.4 Å². The molecule has 2 saturated carbocycles. The van der Waals surface area contributed by atoms with Crippen molar-refractivity contribution in [2.75, 3.05) is 14.2 Å². The predicted octanol–water partition coefficient (Wildman–Crippen LogP) is 3.00. The molecule has 27 heavy (non-hydrogen) atoms. The minimum Gasteiger partial charge on any atom is -0.496 e. The van der Waals surface area contributed by atoms with Gasteiger partial charge in [0, 0.05) is 11.6 Å². The largest absolute Gasteiger partial charge is 0.496 e. The molecule has 6 nitrogen and oxygen atoms in total. The third-order valence-corrected chi connectivity index (χ3v) is 7.27. The van der Waals surface area contributed by atoms with E-state index < -0.39 is 0 Å². The fourth-order valence-electron chi connectivity index (χ4n) is 5.28. The summed E-state index contributed by atoms with van der Waals surface area (Å²) in [7, 11) is 3.12. The average molecular weight is 431 g/mol. The molecule has 4 aliphatic rings. The molecule has 1 saturated heterocycles. The highest BCUT2D eigenvalue weighted by molar-refractivity contribution is 9.10. The summed E-state index contributed by atoms with van der Waals surface area (Å²) in [5.74, 6) is 0.767. The summed E-state index contributed by atoms with van der Waals surface area (Å²) in [6, 6.07) is 3.52. The number of carbonyl (C=O) groups excluding carboxylic acids is 2. The van der Waals surface area contributed by atoms with Crippen molar-refractivity contribution in [1.29, 1.82) is 0 Å². The number of hydrogen-bond acceptors (Lipinski definition) is 5. The molecule has 1 aromatic rings. The van der Waals surface area contributed by atoms with Gasteiger partial charge in [0.15, 0.2) is 0 Å². The highest BCUT2D eigenvalue weighted by Gasteiger charge is 2.73. The van der Waals surface area contributed by atoms with E-state index in [1.807, 2.05) is 0 Å². The van der Waals surface area contributed by atoms with Crippen LogP contribution < -0.4 is 9.47 Å². The monoisotopic (exact) mass is 430 g/mol. The number of methoxy groups -OCH3 is 2. The number of rotatable bonds is 4. The smallest absolute Gasteiger partial charge is 0.254 e. The number of fused-ring (bicyclic) bond motifs is 3. The number of imide groups is 1. The molecule has 0 N–H and O–H groups in total. The van der Waals surface area contributed by atoms with Gasteiger partial charge in [-0.3, -0.25) is 9.59 Å². The first-order chi connectivity index (χ1) is 13.0. The van der Waals surface area contributed by atoms with Crippen molar-refractivity contribution >= 4 is 34.0 Å². The second-order valence-corrected chi connectivity index (χ2v) is 8.54. The van der Waals surface area contributed by atoms with E-state index in [4.69, 9.17) is 9.47 Å². The number of ether oxygens (including phenoxy) is 2. The topological polar surface area (TPSA) is 68.2 Å². The quantitative estimate of drug-likeness (QED) is 0.418. The lowest BCUT2D eigenvalue weighted by atomic mass is 9.85. The Bertz CT molecular complexity index is 887. The Morgan fingerprint density at radius 3 is 2.19 bits per heavy atom. The normalized spacial score (nSPS) is 32.0. The Morgan fingerprint density at radius 1 is 1.07 bits per heavy atom. The van der Waals surface area contributed by atoms with E-state index >= 15 is 0 Å². The van der Waals surface area contributed by atoms with Gasteiger partial charge in [0.1, 0.15) is 11.5 Å². The Kier molecular flexibility index (Phi) is 3.57. The summed E-state index contributed by atoms with van der Waals surface area (Å²) in [6.45, 7) is 0. The van der Waals surface area contributed by atoms with Crippen LogP contribution in [0.3, 0.4) is 0 Å². The number of hydrogen-bond donors (Lipinski definition) is 0. The number of carbonyl (C=O) groups is 2. The summed E-state index contributed by atoms with van der Waals surface area (Å²) < 4.78 is 11.4. The molecule has 2 amide bonds. The predicted molar refractivity (Wildman–Crippen MR) is 101 cm³/mol. The van der Waals surface area contributed by atoms with Gasteiger partial charge in [0.2, 0.25) is 0 Å². The van der Waals surface area contributed by atoms with Gasteiger partial charge in [0.25, 0.3) is 11.8 Å². The first-order valence-corrected chi connectivity index (χ1v) is 9.83. The zero-order chi connectivity index (χ0) is 18.9. The molecule has 1 aromatic carbocycles. The minimum atomic E-state index is -0.239. The summed E-state index contributed by atoms with van der Waals surface area (Å²) >= 11 is 3.43. The second-order valence-electron chi connectivity index (χ2n) is 7.68. The molecule has 4 atom stereocenters. The molecular weight excluding hydrogens is 412 g/mol. The lowest BCUT2D eigenvalue weighted by Crippen LogP contribution is -2.30. The van der Waals surface area contributed by atoms with Crippen molar-refractivity contribution in [1.82, 2.24) is 5.01 Å². The molecule has 0 aromatic heterocycles. The second kappa shape index (κ2) is 5.67. The van der Waals surface area contributed by atoms with E-state index in [2.05, 4.69) is 33.2 Å². The van der Waals surface area contributed by atoms with Crippen LogP contribution in [0.25, 0.3) is 0 Å². The fourth-order valence-corrected chi connectivity index (χ4v) is 5.80. The van der Waals surface area contributed by atoms with Gasteiger partial charge >= 0.3 is 0 Å². The molecule has 3 aliphatic carbocycles. The van der Waals surface area contributed by atoms with Crippen molar-refractivity contribution in [2.45, 2.75) is 12.8 Å². The van der Waals surface area contributed by atoms with Gasteiger partial charge in [-0.2, -0.15) is 10.1 Å². The van der Waals surface area contributed by atoms with Gasteiger partial charge in [-0.05, 0) is 52.1 Å². The first-order valence-electron chi connectivity index (χ1n) is 9.03. The van der Waals surface area contributed by atoms with E-state index in [1.54, 1.807) is 26.4 Å². The van der Waals surface area contributed by atoms with Gasteiger partial charge in [-0.1, -0.05) is 12.2 Å². The molecule has 1 spiro atoms. The van der Waals surface area contributed by atoms with Crippen LogP contribution in [0.2, 0.25) is 0 Å². The molecule has 0 unspecified atom stereocenters. The van der Waals surface area contributed by atoms with E-state index in [9.17, 15) is 9.59 Å². The van der Waals surface area contributed by atoms with E-state index in [1.165, 1.54) is 6.21 Å². The van der Waals surface area contributed by atoms with Crippen LogP contribution in [0.4, 0.5) is 0 Å². The Morgan fingerprint density at radius 2 is 1.67 bits per heavy atom. The highest BCUT2D eigenvalue weighted by atomic mass is 79.9. The van der Waals surface area contributed by atoms with Crippen molar-refractivity contribution < 1.29 is 19.1 Å². The molecule has 0 radical (unpaired) electrons. The Balaban J connectivity index is 1.44. The zero-order valence-corrected chi connectivity index (χ0v) is 16.6. The maximum Gasteiger partial charge on any atom is 0.254 e. The molecule has 1 heterocycles. The van der Waals surface area contributed by atoms with Crippen LogP contribution in [-0.4, -0.2) is 37.3 Å². The fraction of sp³-hybridized carbons (Fsp3) is 0.450. The van der Waals surface area contributed by atoms with Crippen molar-refractivity contribution in [3.8, 4) is 11.5 Å². The molecule has 3 fully saturated rings. The number of benzene rings is 1. The van der Waals surface area contributed by atoms with Gasteiger partial charge < -0.3 is 9.47 Å². The number of halogens is 1. The van der Waals surface area contributed by atoms with Gasteiger partial charge in [-0.25, -0.2) is 0 Å². The standard InChI is InChI=1S/C20H19BrN2O4/c1-26-14-8-15(27-2)13(21)7-10(14)9-22-23-18(24)16-11-3-4-12(17(16)19(23)25)20(11)5-6-20/h3-4,7-9,11-12,16-17H,5-6H2,1-2H3/b22-9-/t11-,12+,16-,17+. The molecule has 1 aliphatic heterocycles. The van der Waals surface area contributed by atoms with Crippen LogP contribution >= 0.6 is 15.9 Å². The number of hydrazone groups is 1. The SMILES string of the molecule is COc1cc(OC)c(/C=N\N2C(=O)[C@@H]3[C@H](C2=O)[C@H]2C=C[C@@H]3C23CC3)cc1Br. The summed E-state index contributed by atoms with van der Waals surface area (Å²) in [6.07, 6.45) is 8.07. The Labute approximate surface area is 165 Å². The molecule has 7 heteroatoms. The number of amides is 2. The third-order valence-electron chi connectivity index (χ3n) is 6.65. The van der Waals surface area contributed by atoms with Gasteiger partial charge in [-0.15, -0.1) is 0 Å². The lowest BCUT2D eigenvalue weighted by Gasteiger charge is -2.18. The highest BCUT2D eigenvalue weighted by Crippen LogP contribution is 2.73. The summed E-state index contributed by atoms with van der Waals surface area (Å²) in [4.78, 5) is 25.9. The number of nitrogens with zero attached hydrogens (tertiary/aromatic N) is 2. The lowest BCUT2D eigenvalue weighted by molar-refractivity contribution is -0.141. The van der Waals surface area contributed by atoms with E-state index in [0.29, 0.717) is 17.1 Å². The van der Waals surface area contributed by atoms with E-state index in [0.717, 1.165) is 22.3 Å². The zero-order valence-electron chi connectivity index (χ0n) is 15.0. The maximum absolute atomic E-state index is 12.9. The molecular formula is C20H19BrN2O4. The molecule has 5 rings (SSSR count). The number of allylic oxidation sites excluding steroid dienone is 2. The first kappa shape index (κ1) is 17.0.